The van der Waals surface area contributed by atoms with Gasteiger partial charge in [-0.1, -0.05) is 11.6 Å². The smallest absolute Gasteiger partial charge is 0.332 e. The average molecular weight is 258 g/mol. The van der Waals surface area contributed by atoms with Crippen molar-refractivity contribution in [3.63, 3.8) is 0 Å². The number of methoxy groups -OCH3 is 2. The lowest BCUT2D eigenvalue weighted by Gasteiger charge is -2.08. The number of ether oxygens (including phenoxy) is 2. The predicted molar refractivity (Wildman–Crippen MR) is 64.9 cm³/mol. The molecule has 0 spiro atoms. The van der Waals surface area contributed by atoms with E-state index in [9.17, 15) is 4.79 Å². The van der Waals surface area contributed by atoms with Crippen LogP contribution in [0.3, 0.4) is 0 Å². The van der Waals surface area contributed by atoms with E-state index in [0.29, 0.717) is 22.1 Å². The molecule has 0 bridgehead atoms. The zero-order valence-electron chi connectivity index (χ0n) is 9.36. The molecule has 0 unspecified atom stereocenters. The third kappa shape index (κ3) is 3.53. The second kappa shape index (κ2) is 5.95. The van der Waals surface area contributed by atoms with Crippen molar-refractivity contribution >= 4 is 23.8 Å². The van der Waals surface area contributed by atoms with E-state index in [1.165, 1.54) is 20.4 Å². The lowest BCUT2D eigenvalue weighted by Crippen LogP contribution is -2.24. The van der Waals surface area contributed by atoms with Crippen molar-refractivity contribution in [3.05, 3.63) is 22.7 Å². The summed E-state index contributed by atoms with van der Waals surface area (Å²) in [7, 11) is 3.00. The maximum absolute atomic E-state index is 10.4. The number of primary amides is 1. The minimum absolute atomic E-state index is 0.411. The summed E-state index contributed by atoms with van der Waals surface area (Å²) < 4.78 is 10.2. The minimum Gasteiger partial charge on any atom is -0.496 e. The Morgan fingerprint density at radius 1 is 1.41 bits per heavy atom. The molecule has 17 heavy (non-hydrogen) atoms. The first kappa shape index (κ1) is 13.1. The number of urea groups is 1. The van der Waals surface area contributed by atoms with E-state index in [4.69, 9.17) is 26.8 Å². The molecule has 0 fully saturated rings. The number of nitrogens with one attached hydrogen (secondary N) is 1. The summed E-state index contributed by atoms with van der Waals surface area (Å²) in [5.41, 5.74) is 7.52. The highest BCUT2D eigenvalue weighted by Gasteiger charge is 2.08. The van der Waals surface area contributed by atoms with E-state index in [1.54, 1.807) is 12.1 Å². The van der Waals surface area contributed by atoms with Gasteiger partial charge in [0.2, 0.25) is 0 Å². The van der Waals surface area contributed by atoms with Crippen molar-refractivity contribution < 1.29 is 14.3 Å². The predicted octanol–water partition coefficient (Wildman–Crippen LogP) is 1.36. The molecule has 0 atom stereocenters. The molecule has 1 aromatic rings. The number of hydrogen-bond donors (Lipinski definition) is 2. The summed E-state index contributed by atoms with van der Waals surface area (Å²) in [4.78, 5) is 10.4. The fourth-order valence-corrected chi connectivity index (χ4v) is 1.40. The fourth-order valence-electron chi connectivity index (χ4n) is 1.15. The number of nitrogens with zero attached hydrogens (tertiary/aromatic N) is 1. The zero-order chi connectivity index (χ0) is 12.8. The number of carbonyl (C=O) groups is 1. The van der Waals surface area contributed by atoms with Crippen LogP contribution in [0.15, 0.2) is 17.2 Å². The van der Waals surface area contributed by atoms with Gasteiger partial charge in [-0.25, -0.2) is 10.2 Å². The largest absolute Gasteiger partial charge is 0.496 e. The van der Waals surface area contributed by atoms with E-state index in [2.05, 4.69) is 10.5 Å². The molecule has 0 aliphatic carbocycles. The van der Waals surface area contributed by atoms with Crippen molar-refractivity contribution in [1.29, 1.82) is 0 Å². The number of hydrazone groups is 1. The monoisotopic (exact) mass is 257 g/mol. The van der Waals surface area contributed by atoms with Gasteiger partial charge >= 0.3 is 6.03 Å². The number of halogens is 1. The van der Waals surface area contributed by atoms with Gasteiger partial charge in [0.05, 0.1) is 25.5 Å². The van der Waals surface area contributed by atoms with Crippen LogP contribution in [-0.4, -0.2) is 26.5 Å². The zero-order valence-corrected chi connectivity index (χ0v) is 10.1. The fraction of sp³-hybridized carbons (Fsp3) is 0.200. The van der Waals surface area contributed by atoms with E-state index in [0.717, 1.165) is 0 Å². The second-order valence-corrected chi connectivity index (χ2v) is 3.37. The van der Waals surface area contributed by atoms with Crippen molar-refractivity contribution in [2.24, 2.45) is 10.8 Å². The van der Waals surface area contributed by atoms with Gasteiger partial charge < -0.3 is 15.2 Å². The molecule has 2 amide bonds. The van der Waals surface area contributed by atoms with Crippen molar-refractivity contribution in [1.82, 2.24) is 5.43 Å². The van der Waals surface area contributed by atoms with Gasteiger partial charge in [0.25, 0.3) is 0 Å². The molecular formula is C10H12ClN3O3. The Balaban J connectivity index is 3.02. The second-order valence-electron chi connectivity index (χ2n) is 2.96. The first-order chi connectivity index (χ1) is 8.08. The Hall–Kier alpha value is -1.95. The molecule has 1 rings (SSSR count). The quantitative estimate of drug-likeness (QED) is 0.631. The number of benzene rings is 1. The third-order valence-electron chi connectivity index (χ3n) is 1.88. The van der Waals surface area contributed by atoms with Crippen LogP contribution in [0.25, 0.3) is 0 Å². The molecule has 0 saturated heterocycles. The summed E-state index contributed by atoms with van der Waals surface area (Å²) >= 11 is 5.95. The standard InChI is InChI=1S/C10H12ClN3O3/c1-16-8-4-9(17-2)7(11)3-6(8)5-13-14-10(12)15/h3-5H,1-2H3,(H3,12,14,15)/b13-5-. The molecule has 7 heteroatoms. The van der Waals surface area contributed by atoms with E-state index < -0.39 is 6.03 Å². The maximum Gasteiger partial charge on any atom is 0.332 e. The van der Waals surface area contributed by atoms with Gasteiger partial charge in [-0.15, -0.1) is 0 Å². The molecule has 3 N–H and O–H groups in total. The van der Waals surface area contributed by atoms with Gasteiger partial charge in [0.15, 0.2) is 0 Å². The highest BCUT2D eigenvalue weighted by molar-refractivity contribution is 6.32. The van der Waals surface area contributed by atoms with Gasteiger partial charge in [-0.3, -0.25) is 0 Å². The Morgan fingerprint density at radius 2 is 2.06 bits per heavy atom. The molecule has 6 nitrogen and oxygen atoms in total. The summed E-state index contributed by atoms with van der Waals surface area (Å²) in [5, 5.41) is 4.03. The van der Waals surface area contributed by atoms with Crippen LogP contribution >= 0.6 is 11.6 Å². The summed E-state index contributed by atoms with van der Waals surface area (Å²) in [6.45, 7) is 0. The molecule has 0 aliphatic rings. The van der Waals surface area contributed by atoms with Gasteiger partial charge in [-0.2, -0.15) is 5.10 Å². The molecule has 0 aliphatic heterocycles. The third-order valence-corrected chi connectivity index (χ3v) is 2.18. The van der Waals surface area contributed by atoms with Crippen LogP contribution < -0.4 is 20.6 Å². The Morgan fingerprint density at radius 3 is 2.59 bits per heavy atom. The van der Waals surface area contributed by atoms with E-state index in [-0.39, 0.29) is 0 Å². The summed E-state index contributed by atoms with van der Waals surface area (Å²) in [6.07, 6.45) is 1.37. The highest BCUT2D eigenvalue weighted by atomic mass is 35.5. The SMILES string of the molecule is COc1cc(OC)c(/C=N\NC(N)=O)cc1Cl. The van der Waals surface area contributed by atoms with Crippen LogP contribution in [0.2, 0.25) is 5.02 Å². The maximum atomic E-state index is 10.4. The Bertz CT molecular complexity index is 449. The van der Waals surface area contributed by atoms with Gasteiger partial charge in [0, 0.05) is 11.6 Å². The summed E-state index contributed by atoms with van der Waals surface area (Å²) in [5.74, 6) is 1.00. The lowest BCUT2D eigenvalue weighted by molar-refractivity contribution is 0.249. The Kier molecular flexibility index (Phi) is 4.59. The number of nitrogens with two attached hydrogens (primary N) is 1. The van der Waals surface area contributed by atoms with Crippen LogP contribution in [0.1, 0.15) is 5.56 Å². The van der Waals surface area contributed by atoms with Crippen LogP contribution in [0.4, 0.5) is 4.79 Å². The molecule has 0 saturated carbocycles. The molecular weight excluding hydrogens is 246 g/mol. The summed E-state index contributed by atoms with van der Waals surface area (Å²) in [6, 6.07) is 2.47. The number of carbonyl (C=O) groups excluding carboxylic acids is 1. The lowest BCUT2D eigenvalue weighted by atomic mass is 10.2. The molecule has 0 heterocycles. The van der Waals surface area contributed by atoms with Crippen LogP contribution in [0.5, 0.6) is 11.5 Å². The highest BCUT2D eigenvalue weighted by Crippen LogP contribution is 2.31. The topological polar surface area (TPSA) is 85.9 Å². The molecule has 92 valence electrons. The van der Waals surface area contributed by atoms with E-state index in [1.807, 2.05) is 0 Å². The van der Waals surface area contributed by atoms with E-state index >= 15 is 0 Å². The number of hydrogen-bond acceptors (Lipinski definition) is 4. The van der Waals surface area contributed by atoms with Gasteiger partial charge in [-0.05, 0) is 6.07 Å². The molecule has 0 radical (unpaired) electrons. The molecule has 0 aromatic heterocycles. The first-order valence-electron chi connectivity index (χ1n) is 4.58. The van der Waals surface area contributed by atoms with Crippen molar-refractivity contribution in [2.75, 3.05) is 14.2 Å². The van der Waals surface area contributed by atoms with Crippen LogP contribution in [-0.2, 0) is 0 Å². The Labute approximate surface area is 103 Å². The normalized spacial score (nSPS) is 10.3. The number of rotatable bonds is 4. The molecule has 1 aromatic carbocycles. The number of amides is 2. The van der Waals surface area contributed by atoms with Gasteiger partial charge in [0.1, 0.15) is 11.5 Å². The van der Waals surface area contributed by atoms with Crippen LogP contribution in [0, 0.1) is 0 Å². The average Bonchev–Trinajstić information content (AvgIpc) is 2.29. The van der Waals surface area contributed by atoms with Crippen molar-refractivity contribution in [3.8, 4) is 11.5 Å². The minimum atomic E-state index is -0.750. The first-order valence-corrected chi connectivity index (χ1v) is 4.96. The van der Waals surface area contributed by atoms with Crippen molar-refractivity contribution in [2.45, 2.75) is 0 Å².